The van der Waals surface area contributed by atoms with Crippen LogP contribution in [-0.4, -0.2) is 6.04 Å². The molecule has 1 aromatic carbocycles. The minimum Gasteiger partial charge on any atom is -0.307 e. The second-order valence-electron chi connectivity index (χ2n) is 7.11. The Kier molecular flexibility index (Phi) is 2.21. The third kappa shape index (κ3) is 1.52. The molecule has 5 unspecified atom stereocenters. The van der Waals surface area contributed by atoms with E-state index in [-0.39, 0.29) is 0 Å². The van der Waals surface area contributed by atoms with Gasteiger partial charge in [0.05, 0.1) is 0 Å². The molecule has 0 aromatic heterocycles. The molecule has 1 aromatic rings. The number of hydrogen-bond acceptors (Lipinski definition) is 1. The highest BCUT2D eigenvalue weighted by molar-refractivity contribution is 6.30. The van der Waals surface area contributed by atoms with Crippen molar-refractivity contribution in [1.29, 1.82) is 0 Å². The third-order valence-corrected chi connectivity index (χ3v) is 6.55. The van der Waals surface area contributed by atoms with Crippen LogP contribution in [-0.2, 0) is 6.42 Å². The van der Waals surface area contributed by atoms with Crippen LogP contribution in [0.25, 0.3) is 0 Å². The van der Waals surface area contributed by atoms with Gasteiger partial charge in [-0.05, 0) is 79.0 Å². The minimum atomic E-state index is 0.599. The Hall–Kier alpha value is -0.530. The highest BCUT2D eigenvalue weighted by Crippen LogP contribution is 2.66. The molecule has 3 saturated carbocycles. The topological polar surface area (TPSA) is 12.0 Å². The zero-order valence-corrected chi connectivity index (χ0v) is 11.9. The molecule has 5 atom stereocenters. The zero-order valence-electron chi connectivity index (χ0n) is 11.1. The minimum absolute atomic E-state index is 0.599. The van der Waals surface area contributed by atoms with Crippen LogP contribution >= 0.6 is 11.6 Å². The summed E-state index contributed by atoms with van der Waals surface area (Å²) in [7, 11) is 0. The average Bonchev–Trinajstić information content (AvgIpc) is 2.79. The molecule has 0 saturated heterocycles. The number of nitrogens with one attached hydrogen (secondary N) is 1. The Balaban J connectivity index is 1.35. The lowest BCUT2D eigenvalue weighted by Crippen LogP contribution is -2.26. The van der Waals surface area contributed by atoms with Gasteiger partial charge in [-0.3, -0.25) is 0 Å². The van der Waals surface area contributed by atoms with E-state index in [2.05, 4.69) is 23.5 Å². The molecule has 4 aliphatic carbocycles. The summed E-state index contributed by atoms with van der Waals surface area (Å²) in [6.07, 6.45) is 7.04. The first kappa shape index (κ1) is 11.2. The molecular formula is C17H20ClN. The molecule has 5 rings (SSSR count). The van der Waals surface area contributed by atoms with Crippen molar-refractivity contribution in [2.75, 3.05) is 0 Å². The van der Waals surface area contributed by atoms with Crippen LogP contribution in [0.4, 0.5) is 0 Å². The largest absolute Gasteiger partial charge is 0.307 e. The SMILES string of the molecule is Clc1ccc2c(c1)CCC2NC1C2C3CCC(C3)C12. The molecule has 2 bridgehead atoms. The maximum absolute atomic E-state index is 6.09. The molecule has 2 heteroatoms. The highest BCUT2D eigenvalue weighted by Gasteiger charge is 2.65. The number of benzene rings is 1. The van der Waals surface area contributed by atoms with Crippen LogP contribution in [0, 0.1) is 23.7 Å². The normalized spacial score (nSPS) is 45.3. The molecule has 0 heterocycles. The van der Waals surface area contributed by atoms with E-state index in [0.717, 1.165) is 34.7 Å². The second kappa shape index (κ2) is 3.77. The van der Waals surface area contributed by atoms with Crippen molar-refractivity contribution in [2.24, 2.45) is 23.7 Å². The quantitative estimate of drug-likeness (QED) is 0.860. The standard InChI is InChI=1S/C17H20ClN/c18-12-4-5-13-9(8-12)3-6-14(13)19-17-15-10-1-2-11(7-10)16(15)17/h4-5,8,10-11,14-17,19H,1-3,6-7H2. The number of halogens is 1. The van der Waals surface area contributed by atoms with Gasteiger partial charge in [0.1, 0.15) is 0 Å². The first-order chi connectivity index (χ1) is 9.31. The summed E-state index contributed by atoms with van der Waals surface area (Å²) >= 11 is 6.09. The first-order valence-corrected chi connectivity index (χ1v) is 8.23. The Labute approximate surface area is 119 Å². The number of aryl methyl sites for hydroxylation is 1. The van der Waals surface area contributed by atoms with Gasteiger partial charge in [0.25, 0.3) is 0 Å². The summed E-state index contributed by atoms with van der Waals surface area (Å²) in [4.78, 5) is 0. The summed E-state index contributed by atoms with van der Waals surface area (Å²) < 4.78 is 0. The van der Waals surface area contributed by atoms with E-state index < -0.39 is 0 Å². The van der Waals surface area contributed by atoms with Gasteiger partial charge in [0.15, 0.2) is 0 Å². The molecule has 0 spiro atoms. The second-order valence-corrected chi connectivity index (χ2v) is 7.55. The fraction of sp³-hybridized carbons (Fsp3) is 0.647. The molecule has 0 aliphatic heterocycles. The Morgan fingerprint density at radius 3 is 2.63 bits per heavy atom. The van der Waals surface area contributed by atoms with Crippen LogP contribution in [0.1, 0.15) is 42.9 Å². The lowest BCUT2D eigenvalue weighted by atomic mass is 10.0. The van der Waals surface area contributed by atoms with Crippen LogP contribution in [0.5, 0.6) is 0 Å². The summed E-state index contributed by atoms with van der Waals surface area (Å²) in [6.45, 7) is 0. The predicted octanol–water partition coefficient (Wildman–Crippen LogP) is 3.96. The summed E-state index contributed by atoms with van der Waals surface area (Å²) in [6, 6.07) is 7.91. The van der Waals surface area contributed by atoms with Gasteiger partial charge in [-0.2, -0.15) is 0 Å². The zero-order chi connectivity index (χ0) is 12.6. The van der Waals surface area contributed by atoms with E-state index in [4.69, 9.17) is 11.6 Å². The molecule has 19 heavy (non-hydrogen) atoms. The summed E-state index contributed by atoms with van der Waals surface area (Å²) in [5.74, 6) is 4.21. The predicted molar refractivity (Wildman–Crippen MR) is 77.2 cm³/mol. The molecule has 1 N–H and O–H groups in total. The molecular weight excluding hydrogens is 254 g/mol. The molecule has 1 nitrogen and oxygen atoms in total. The van der Waals surface area contributed by atoms with Crippen LogP contribution in [0.3, 0.4) is 0 Å². The van der Waals surface area contributed by atoms with Crippen molar-refractivity contribution in [3.63, 3.8) is 0 Å². The van der Waals surface area contributed by atoms with Gasteiger partial charge in [0, 0.05) is 17.1 Å². The lowest BCUT2D eigenvalue weighted by Gasteiger charge is -2.17. The Morgan fingerprint density at radius 2 is 1.84 bits per heavy atom. The third-order valence-electron chi connectivity index (χ3n) is 6.31. The van der Waals surface area contributed by atoms with Crippen molar-refractivity contribution in [1.82, 2.24) is 5.32 Å². The van der Waals surface area contributed by atoms with Gasteiger partial charge in [0.2, 0.25) is 0 Å². The van der Waals surface area contributed by atoms with Gasteiger partial charge in [-0.1, -0.05) is 17.7 Å². The molecule has 0 amide bonds. The maximum Gasteiger partial charge on any atom is 0.0408 e. The smallest absolute Gasteiger partial charge is 0.0408 e. The van der Waals surface area contributed by atoms with Gasteiger partial charge in [-0.25, -0.2) is 0 Å². The average molecular weight is 274 g/mol. The van der Waals surface area contributed by atoms with E-state index in [0.29, 0.717) is 6.04 Å². The molecule has 3 fully saturated rings. The Morgan fingerprint density at radius 1 is 1.05 bits per heavy atom. The van der Waals surface area contributed by atoms with E-state index in [1.165, 1.54) is 36.8 Å². The van der Waals surface area contributed by atoms with E-state index in [9.17, 15) is 0 Å². The van der Waals surface area contributed by atoms with Crippen molar-refractivity contribution < 1.29 is 0 Å². The van der Waals surface area contributed by atoms with E-state index in [1.54, 1.807) is 6.42 Å². The van der Waals surface area contributed by atoms with Crippen molar-refractivity contribution in [2.45, 2.75) is 44.2 Å². The van der Waals surface area contributed by atoms with Crippen LogP contribution in [0.2, 0.25) is 5.02 Å². The number of fused-ring (bicyclic) bond motifs is 6. The maximum atomic E-state index is 6.09. The summed E-state index contributed by atoms with van der Waals surface area (Å²) in [5.41, 5.74) is 2.99. The molecule has 100 valence electrons. The van der Waals surface area contributed by atoms with Crippen LogP contribution < -0.4 is 5.32 Å². The highest BCUT2D eigenvalue weighted by atomic mass is 35.5. The van der Waals surface area contributed by atoms with E-state index >= 15 is 0 Å². The van der Waals surface area contributed by atoms with Crippen molar-refractivity contribution in [3.05, 3.63) is 34.3 Å². The van der Waals surface area contributed by atoms with Gasteiger partial charge in [-0.15, -0.1) is 0 Å². The fourth-order valence-electron chi connectivity index (χ4n) is 5.54. The van der Waals surface area contributed by atoms with Crippen molar-refractivity contribution >= 4 is 11.6 Å². The monoisotopic (exact) mass is 273 g/mol. The van der Waals surface area contributed by atoms with Gasteiger partial charge < -0.3 is 5.32 Å². The summed E-state index contributed by atoms with van der Waals surface area (Å²) in [5, 5.41) is 4.88. The number of rotatable bonds is 2. The van der Waals surface area contributed by atoms with Crippen molar-refractivity contribution in [3.8, 4) is 0 Å². The fourth-order valence-corrected chi connectivity index (χ4v) is 5.73. The van der Waals surface area contributed by atoms with Crippen LogP contribution in [0.15, 0.2) is 18.2 Å². The lowest BCUT2D eigenvalue weighted by molar-refractivity contribution is 0.420. The van der Waals surface area contributed by atoms with E-state index in [1.807, 2.05) is 0 Å². The first-order valence-electron chi connectivity index (χ1n) is 7.85. The molecule has 4 aliphatic rings. The van der Waals surface area contributed by atoms with Gasteiger partial charge >= 0.3 is 0 Å². The Bertz CT molecular complexity index is 524. The number of hydrogen-bond donors (Lipinski definition) is 1. The molecule has 0 radical (unpaired) electrons.